The lowest BCUT2D eigenvalue weighted by Gasteiger charge is -2.31. The van der Waals surface area contributed by atoms with Gasteiger partial charge in [0, 0.05) is 56.0 Å². The van der Waals surface area contributed by atoms with Crippen LogP contribution in [0.4, 0.5) is 4.79 Å². The summed E-state index contributed by atoms with van der Waals surface area (Å²) in [6.45, 7) is 15.6. The number of benzene rings is 3. The summed E-state index contributed by atoms with van der Waals surface area (Å²) >= 11 is 0. The second-order valence-corrected chi connectivity index (χ2v) is 15.0. The van der Waals surface area contributed by atoms with Gasteiger partial charge in [-0.05, 0) is 86.6 Å². The Morgan fingerprint density at radius 1 is 1.06 bits per heavy atom. The van der Waals surface area contributed by atoms with E-state index in [1.54, 1.807) is 11.1 Å². The fourth-order valence-electron chi connectivity index (χ4n) is 7.93. The minimum Gasteiger partial charge on any atom is -0.486 e. The Morgan fingerprint density at radius 2 is 1.87 bits per heavy atom. The molecule has 0 unspecified atom stereocenters. The molecule has 2 aliphatic heterocycles. The molecule has 0 bridgehead atoms. The molecule has 10 heteroatoms. The average Bonchev–Trinajstić information content (AvgIpc) is 3.67. The molecular formula is C42H48N6O4. The molecule has 0 N–H and O–H groups in total. The summed E-state index contributed by atoms with van der Waals surface area (Å²) in [5, 5.41) is 8.95. The fraction of sp³-hybridized carbons (Fsp3) is 0.405. The molecule has 0 radical (unpaired) electrons. The molecule has 0 aliphatic carbocycles. The molecule has 2 aliphatic rings. The minimum atomic E-state index is -0.456. The highest BCUT2D eigenvalue weighted by Gasteiger charge is 2.38. The Bertz CT molecular complexity index is 2090. The maximum Gasteiger partial charge on any atom is 0.410 e. The molecule has 3 atom stereocenters. The molecule has 7 rings (SSSR count). The van der Waals surface area contributed by atoms with Crippen LogP contribution in [-0.2, 0) is 35.6 Å². The number of ether oxygens (including phenoxy) is 2. The largest absolute Gasteiger partial charge is 0.486 e. The number of hydrogen-bond donors (Lipinski definition) is 0. The average molecular weight is 701 g/mol. The highest BCUT2D eigenvalue weighted by atomic mass is 16.6. The standard InChI is InChI=1S/C42H48N6O4/c1-7-48-36-16-15-35(28(3)40(36)44-45-48)39(29(4)37(49)24-47-34(25-51-41(47)50)19-30-11-9-8-10-12-30)31-14-13-27(2)32(20-31)22-46-23-33-21-43-18-17-38(33)52-42(5,6)26-46/h8-18,20-21,29,34,39H,7,19,22-26H2,1-6H3/t29-,34-,39-/m0/s1. The number of aryl methyl sites for hydroxylation is 3. The maximum atomic E-state index is 14.4. The molecule has 4 heterocycles. The van der Waals surface area contributed by atoms with Gasteiger partial charge in [-0.3, -0.25) is 19.6 Å². The van der Waals surface area contributed by atoms with Crippen molar-refractivity contribution in [2.75, 3.05) is 19.7 Å². The third kappa shape index (κ3) is 7.17. The number of pyridine rings is 1. The van der Waals surface area contributed by atoms with E-state index in [1.165, 1.54) is 11.1 Å². The van der Waals surface area contributed by atoms with Crippen LogP contribution in [0.2, 0.25) is 0 Å². The Hall–Kier alpha value is -5.09. The predicted molar refractivity (Wildman–Crippen MR) is 200 cm³/mol. The van der Waals surface area contributed by atoms with Crippen LogP contribution in [0.15, 0.2) is 79.1 Å². The molecule has 3 aromatic carbocycles. The minimum absolute atomic E-state index is 0.0173. The van der Waals surface area contributed by atoms with Crippen LogP contribution < -0.4 is 4.74 Å². The first kappa shape index (κ1) is 35.3. The summed E-state index contributed by atoms with van der Waals surface area (Å²) in [5.74, 6) is 0.112. The summed E-state index contributed by atoms with van der Waals surface area (Å²) in [4.78, 5) is 35.9. The van der Waals surface area contributed by atoms with Crippen molar-refractivity contribution in [1.29, 1.82) is 0 Å². The van der Waals surface area contributed by atoms with Crippen molar-refractivity contribution < 1.29 is 19.1 Å². The molecule has 52 heavy (non-hydrogen) atoms. The molecule has 270 valence electrons. The highest BCUT2D eigenvalue weighted by molar-refractivity contribution is 5.88. The van der Waals surface area contributed by atoms with Gasteiger partial charge in [-0.25, -0.2) is 9.48 Å². The number of aromatic nitrogens is 4. The van der Waals surface area contributed by atoms with Crippen molar-refractivity contribution in [1.82, 2.24) is 29.8 Å². The lowest BCUT2D eigenvalue weighted by Crippen LogP contribution is -2.41. The van der Waals surface area contributed by atoms with Gasteiger partial charge >= 0.3 is 6.09 Å². The van der Waals surface area contributed by atoms with E-state index < -0.39 is 12.0 Å². The zero-order chi connectivity index (χ0) is 36.6. The summed E-state index contributed by atoms with van der Waals surface area (Å²) in [6, 6.07) is 22.5. The van der Waals surface area contributed by atoms with Gasteiger partial charge in [-0.1, -0.05) is 66.7 Å². The molecular weight excluding hydrogens is 652 g/mol. The number of fused-ring (bicyclic) bond motifs is 2. The Balaban J connectivity index is 1.23. The van der Waals surface area contributed by atoms with E-state index in [0.717, 1.165) is 51.1 Å². The number of carbonyl (C=O) groups excluding carboxylic acids is 2. The van der Waals surface area contributed by atoms with Crippen molar-refractivity contribution in [2.24, 2.45) is 5.92 Å². The molecule has 2 aromatic heterocycles. The SMILES string of the molecule is CCn1nnc2c(C)c([C@H](c3ccc(C)c(CN4Cc5cnccc5OC(C)(C)C4)c3)[C@@H](C)C(=O)CN3C(=O)OC[C@@H]3Cc3ccccc3)ccc21. The summed E-state index contributed by atoms with van der Waals surface area (Å²) in [6.07, 6.45) is 3.86. The third-order valence-corrected chi connectivity index (χ3v) is 10.7. The Morgan fingerprint density at radius 3 is 2.65 bits per heavy atom. The second-order valence-electron chi connectivity index (χ2n) is 15.0. The van der Waals surface area contributed by atoms with Crippen molar-refractivity contribution in [3.63, 3.8) is 0 Å². The number of cyclic esters (lactones) is 1. The van der Waals surface area contributed by atoms with Gasteiger partial charge in [0.25, 0.3) is 0 Å². The van der Waals surface area contributed by atoms with Crippen LogP contribution >= 0.6 is 0 Å². The molecule has 5 aromatic rings. The zero-order valence-corrected chi connectivity index (χ0v) is 31.0. The number of carbonyl (C=O) groups is 2. The number of hydrogen-bond acceptors (Lipinski definition) is 8. The van der Waals surface area contributed by atoms with Crippen LogP contribution in [0.3, 0.4) is 0 Å². The van der Waals surface area contributed by atoms with E-state index in [0.29, 0.717) is 26.1 Å². The van der Waals surface area contributed by atoms with E-state index in [2.05, 4.69) is 85.1 Å². The zero-order valence-electron chi connectivity index (χ0n) is 31.0. The lowest BCUT2D eigenvalue weighted by molar-refractivity contribution is -0.123. The van der Waals surface area contributed by atoms with E-state index in [4.69, 9.17) is 9.47 Å². The number of ketones is 1. The van der Waals surface area contributed by atoms with Gasteiger partial charge in [0.2, 0.25) is 0 Å². The van der Waals surface area contributed by atoms with Crippen LogP contribution in [-0.4, -0.2) is 73.0 Å². The van der Waals surface area contributed by atoms with Gasteiger partial charge in [-0.15, -0.1) is 5.10 Å². The van der Waals surface area contributed by atoms with Gasteiger partial charge < -0.3 is 9.47 Å². The van der Waals surface area contributed by atoms with E-state index >= 15 is 0 Å². The van der Waals surface area contributed by atoms with Crippen LogP contribution in [0.5, 0.6) is 5.75 Å². The van der Waals surface area contributed by atoms with Crippen LogP contribution in [0.25, 0.3) is 11.0 Å². The normalized spacial score (nSPS) is 18.4. The summed E-state index contributed by atoms with van der Waals surface area (Å²) < 4.78 is 13.8. The Kier molecular flexibility index (Phi) is 9.85. The lowest BCUT2D eigenvalue weighted by atomic mass is 9.77. The predicted octanol–water partition coefficient (Wildman–Crippen LogP) is 7.04. The van der Waals surface area contributed by atoms with Gasteiger partial charge in [0.1, 0.15) is 23.5 Å². The van der Waals surface area contributed by atoms with Gasteiger partial charge in [0.15, 0.2) is 5.78 Å². The molecule has 10 nitrogen and oxygen atoms in total. The first-order valence-electron chi connectivity index (χ1n) is 18.3. The quantitative estimate of drug-likeness (QED) is 0.145. The van der Waals surface area contributed by atoms with Crippen molar-refractivity contribution in [2.45, 2.75) is 85.2 Å². The highest BCUT2D eigenvalue weighted by Crippen LogP contribution is 2.38. The summed E-state index contributed by atoms with van der Waals surface area (Å²) in [7, 11) is 0. The first-order chi connectivity index (χ1) is 25.0. The number of rotatable bonds is 11. The molecule has 1 saturated heterocycles. The maximum absolute atomic E-state index is 14.4. The summed E-state index contributed by atoms with van der Waals surface area (Å²) in [5.41, 5.74) is 9.02. The number of amides is 1. The van der Waals surface area contributed by atoms with Gasteiger partial charge in [0.05, 0.1) is 18.1 Å². The van der Waals surface area contributed by atoms with E-state index in [-0.39, 0.29) is 36.5 Å². The third-order valence-electron chi connectivity index (χ3n) is 10.7. The van der Waals surface area contributed by atoms with E-state index in [9.17, 15) is 9.59 Å². The van der Waals surface area contributed by atoms with E-state index in [1.807, 2.05) is 54.2 Å². The van der Waals surface area contributed by atoms with Crippen molar-refractivity contribution in [3.8, 4) is 5.75 Å². The Labute approximate surface area is 305 Å². The first-order valence-corrected chi connectivity index (χ1v) is 18.3. The van der Waals surface area contributed by atoms with Gasteiger partial charge in [-0.2, -0.15) is 0 Å². The number of nitrogens with zero attached hydrogens (tertiary/aromatic N) is 6. The second kappa shape index (κ2) is 14.5. The fourth-order valence-corrected chi connectivity index (χ4v) is 7.93. The van der Waals surface area contributed by atoms with Crippen molar-refractivity contribution in [3.05, 3.63) is 118 Å². The molecule has 1 amide bonds. The molecule has 0 saturated carbocycles. The molecule has 0 spiro atoms. The van der Waals surface area contributed by atoms with Crippen molar-refractivity contribution >= 4 is 22.9 Å². The van der Waals surface area contributed by atoms with Crippen LogP contribution in [0, 0.1) is 19.8 Å². The molecule has 1 fully saturated rings. The monoisotopic (exact) mass is 700 g/mol. The number of Topliss-reactive ketones (excluding diaryl/α,β-unsaturated/α-hetero) is 1. The smallest absolute Gasteiger partial charge is 0.410 e. The topological polar surface area (TPSA) is 103 Å². The van der Waals surface area contributed by atoms with Crippen LogP contribution in [0.1, 0.15) is 72.6 Å².